The highest BCUT2D eigenvalue weighted by Crippen LogP contribution is 2.78. The van der Waals surface area contributed by atoms with Crippen molar-refractivity contribution in [3.63, 3.8) is 0 Å². The van der Waals surface area contributed by atoms with Crippen LogP contribution in [0.3, 0.4) is 0 Å². The molecule has 9 nitrogen and oxygen atoms in total. The van der Waals surface area contributed by atoms with Crippen LogP contribution in [0, 0.1) is 28.6 Å². The van der Waals surface area contributed by atoms with Crippen LogP contribution >= 0.6 is 0 Å². The van der Waals surface area contributed by atoms with E-state index in [0.29, 0.717) is 35.9 Å². The molecule has 2 aromatic rings. The van der Waals surface area contributed by atoms with Gasteiger partial charge in [-0.3, -0.25) is 9.69 Å². The first-order valence-corrected chi connectivity index (χ1v) is 21.4. The predicted molar refractivity (Wildman–Crippen MR) is 207 cm³/mol. The molecule has 296 valence electrons. The lowest BCUT2D eigenvalue weighted by Crippen LogP contribution is -2.83. The van der Waals surface area contributed by atoms with Gasteiger partial charge in [0.1, 0.15) is 11.7 Å². The normalized spacial score (nSPS) is 42.3. The van der Waals surface area contributed by atoms with Gasteiger partial charge in [0, 0.05) is 65.4 Å². The minimum atomic E-state index is -0.909. The molecule has 2 aromatic carbocycles. The van der Waals surface area contributed by atoms with Gasteiger partial charge in [-0.05, 0) is 132 Å². The molecule has 4 aliphatic heterocycles. The van der Waals surface area contributed by atoms with Crippen molar-refractivity contribution in [3.05, 3.63) is 46.5 Å². The highest BCUT2D eigenvalue weighted by molar-refractivity contribution is 5.89. The molecule has 0 amide bonds. The average Bonchev–Trinajstić information content (AvgIpc) is 3.79. The number of Topliss-reactive ketones (excluding diaryl/α,β-unsaturated/α-hetero) is 1. The number of piperidine rings is 2. The van der Waals surface area contributed by atoms with Crippen molar-refractivity contribution in [1.29, 1.82) is 0 Å². The molecule has 0 radical (unpaired) electrons. The van der Waals surface area contributed by atoms with Crippen LogP contribution < -0.4 is 9.47 Å². The fourth-order valence-electron chi connectivity index (χ4n) is 15.1. The molecule has 4 heterocycles. The number of hydrogen-bond acceptors (Lipinski definition) is 9. The van der Waals surface area contributed by atoms with E-state index in [1.54, 1.807) is 6.07 Å². The number of ketones is 1. The largest absolute Gasteiger partial charge is 0.504 e. The van der Waals surface area contributed by atoms with Gasteiger partial charge in [0.15, 0.2) is 34.9 Å². The summed E-state index contributed by atoms with van der Waals surface area (Å²) in [5, 5.41) is 33.4. The number of rotatable bonds is 4. The van der Waals surface area contributed by atoms with Crippen LogP contribution in [0.1, 0.15) is 108 Å². The first-order chi connectivity index (χ1) is 26.1. The zero-order valence-electron chi connectivity index (χ0n) is 33.6. The standard InChI is InChI=1S/C29H41NO4.C17H19NO3/c1-25(2,3)26(4,32)20-15-27-10-11-29(20,33-5)24-28(27)12-13-30(16-17-6-7-17)21(27)14-18-8-9-19(31)23(34-24)22(18)28;1-18-7-6-17-10-3-5-13(20)16(17)21-15-12(19)4-2-9(14(15)17)8-11(10)18/h8-9,17,20-21,24,31-32H,6-7,10-16H2,1-5H3;2,4,10-11,16,19H,3,5-8H2,1H3/t20-,21-,24-,26+,27-,28+,29+;10-,11+,16-,17-/m10/s1. The summed E-state index contributed by atoms with van der Waals surface area (Å²) in [6, 6.07) is 8.72. The number of carbonyl (C=O) groups is 1. The Morgan fingerprint density at radius 3 is 2.29 bits per heavy atom. The van der Waals surface area contributed by atoms with Crippen molar-refractivity contribution < 1.29 is 34.3 Å². The third-order valence-corrected chi connectivity index (χ3v) is 18.2. The molecule has 0 unspecified atom stereocenters. The topological polar surface area (TPSA) is 112 Å². The van der Waals surface area contributed by atoms with Crippen LogP contribution in [0.15, 0.2) is 24.3 Å². The highest BCUT2D eigenvalue weighted by Gasteiger charge is 2.82. The van der Waals surface area contributed by atoms with E-state index in [9.17, 15) is 20.1 Å². The third kappa shape index (κ3) is 4.07. The predicted octanol–water partition coefficient (Wildman–Crippen LogP) is 6.04. The van der Waals surface area contributed by atoms with Crippen LogP contribution in [0.2, 0.25) is 0 Å². The van der Waals surface area contributed by atoms with Crippen molar-refractivity contribution >= 4 is 5.78 Å². The Kier molecular flexibility index (Phi) is 7.06. The number of benzene rings is 2. The molecule has 7 aliphatic carbocycles. The number of methoxy groups -OCH3 is 1. The summed E-state index contributed by atoms with van der Waals surface area (Å²) in [6.07, 6.45) is 10.8. The second kappa shape index (κ2) is 11.0. The van der Waals surface area contributed by atoms with Crippen molar-refractivity contribution in [1.82, 2.24) is 9.80 Å². The lowest BCUT2D eigenvalue weighted by molar-refractivity contribution is -0.312. The Bertz CT molecular complexity index is 2000. The summed E-state index contributed by atoms with van der Waals surface area (Å²) in [5.41, 5.74) is 3.04. The molecule has 13 rings (SSSR count). The van der Waals surface area contributed by atoms with E-state index in [1.165, 1.54) is 36.1 Å². The number of nitrogens with zero attached hydrogens (tertiary/aromatic N) is 2. The van der Waals surface area contributed by atoms with Gasteiger partial charge in [0.25, 0.3) is 0 Å². The molecular formula is C46H60N2O7. The van der Waals surface area contributed by atoms with Crippen LogP contribution in [-0.4, -0.2) is 100 Å². The fourth-order valence-corrected chi connectivity index (χ4v) is 15.1. The van der Waals surface area contributed by atoms with Gasteiger partial charge in [-0.15, -0.1) is 0 Å². The van der Waals surface area contributed by atoms with Crippen molar-refractivity contribution in [2.75, 3.05) is 33.8 Å². The number of aliphatic hydroxyl groups is 1. The minimum Gasteiger partial charge on any atom is -0.504 e. The van der Waals surface area contributed by atoms with E-state index >= 15 is 0 Å². The van der Waals surface area contributed by atoms with Gasteiger partial charge in [-0.1, -0.05) is 32.9 Å². The monoisotopic (exact) mass is 752 g/mol. The first kappa shape index (κ1) is 35.3. The number of ether oxygens (including phenoxy) is 3. The summed E-state index contributed by atoms with van der Waals surface area (Å²) in [7, 11) is 4.03. The maximum atomic E-state index is 12.5. The van der Waals surface area contributed by atoms with Gasteiger partial charge in [-0.2, -0.15) is 0 Å². The third-order valence-electron chi connectivity index (χ3n) is 18.2. The lowest BCUT2D eigenvalue weighted by Gasteiger charge is -2.75. The summed E-state index contributed by atoms with van der Waals surface area (Å²) in [5.74, 6) is 3.30. The molecule has 5 saturated carbocycles. The van der Waals surface area contributed by atoms with Crippen LogP contribution in [0.4, 0.5) is 0 Å². The first-order valence-electron chi connectivity index (χ1n) is 21.4. The second-order valence-electron chi connectivity index (χ2n) is 20.9. The number of aromatic hydroxyl groups is 2. The number of likely N-dealkylation sites (N-methyl/N-ethyl adjacent to an activating group) is 1. The number of hydrogen-bond donors (Lipinski definition) is 3. The summed E-state index contributed by atoms with van der Waals surface area (Å²) in [4.78, 5) is 17.8. The maximum absolute atomic E-state index is 12.5. The summed E-state index contributed by atoms with van der Waals surface area (Å²) >= 11 is 0. The van der Waals surface area contributed by atoms with E-state index in [4.69, 9.17) is 14.2 Å². The maximum Gasteiger partial charge on any atom is 0.174 e. The van der Waals surface area contributed by atoms with Crippen LogP contribution in [0.5, 0.6) is 23.0 Å². The van der Waals surface area contributed by atoms with E-state index in [-0.39, 0.29) is 57.1 Å². The van der Waals surface area contributed by atoms with E-state index < -0.39 is 11.2 Å². The Balaban J connectivity index is 0.000000143. The molecule has 7 fully saturated rings. The van der Waals surface area contributed by atoms with E-state index in [0.717, 1.165) is 75.9 Å². The molecule has 2 saturated heterocycles. The van der Waals surface area contributed by atoms with Crippen molar-refractivity contribution in [3.8, 4) is 23.0 Å². The quantitative estimate of drug-likeness (QED) is 0.344. The molecule has 9 heteroatoms. The zero-order chi connectivity index (χ0) is 38.2. The molecule has 3 spiro atoms. The molecule has 55 heavy (non-hydrogen) atoms. The molecule has 11 atom stereocenters. The highest BCUT2D eigenvalue weighted by atomic mass is 16.6. The average molecular weight is 753 g/mol. The Morgan fingerprint density at radius 1 is 0.891 bits per heavy atom. The minimum absolute atomic E-state index is 0.0294. The van der Waals surface area contributed by atoms with Crippen molar-refractivity contribution in [2.45, 2.75) is 145 Å². The van der Waals surface area contributed by atoms with E-state index in [1.807, 2.05) is 26.2 Å². The molecule has 11 aliphatic rings. The second-order valence-corrected chi connectivity index (χ2v) is 20.9. The lowest BCUT2D eigenvalue weighted by atomic mass is 9.33. The molecular weight excluding hydrogens is 693 g/mol. The fraction of sp³-hybridized carbons (Fsp3) is 0.717. The Labute approximate surface area is 325 Å². The number of fused-ring (bicyclic) bond motifs is 2. The number of likely N-dealkylation sites (tertiary alicyclic amines) is 2. The number of carbonyl (C=O) groups excluding carboxylic acids is 1. The number of phenols is 2. The van der Waals surface area contributed by atoms with Gasteiger partial charge in [-0.25, -0.2) is 0 Å². The van der Waals surface area contributed by atoms with Gasteiger partial charge in [0.05, 0.1) is 5.60 Å². The summed E-state index contributed by atoms with van der Waals surface area (Å²) < 4.78 is 19.5. The van der Waals surface area contributed by atoms with Gasteiger partial charge >= 0.3 is 0 Å². The van der Waals surface area contributed by atoms with Gasteiger partial charge in [0.2, 0.25) is 0 Å². The number of phenolic OH excluding ortho intramolecular Hbond substituents is 2. The van der Waals surface area contributed by atoms with Crippen LogP contribution in [-0.2, 0) is 33.2 Å². The Morgan fingerprint density at radius 2 is 1.60 bits per heavy atom. The molecule has 3 N–H and O–H groups in total. The zero-order valence-corrected chi connectivity index (χ0v) is 33.6. The smallest absolute Gasteiger partial charge is 0.174 e. The van der Waals surface area contributed by atoms with Gasteiger partial charge < -0.3 is 34.4 Å². The molecule has 6 bridgehead atoms. The van der Waals surface area contributed by atoms with Crippen molar-refractivity contribution in [2.24, 2.45) is 28.6 Å². The molecule has 0 aromatic heterocycles. The van der Waals surface area contributed by atoms with E-state index in [2.05, 4.69) is 43.7 Å². The SMILES string of the molecule is CN1CC[C@]23c4c5ccc(O)c4O[C@H]2C(=O)CC[C@H]3[C@H]1C5.CO[C@@]12CC[C@@]3(C[C@@H]1[C@](C)(O)C(C)(C)C)[C@H]1Cc4ccc(O)c5c4[C@@]3(CCN1CC1CC1)[C@H]2O5. The Hall–Kier alpha value is -2.85. The van der Waals surface area contributed by atoms with Crippen LogP contribution in [0.25, 0.3) is 0 Å². The summed E-state index contributed by atoms with van der Waals surface area (Å²) in [6.45, 7) is 11.8.